The van der Waals surface area contributed by atoms with Crippen LogP contribution in [0.4, 0.5) is 0 Å². The Morgan fingerprint density at radius 3 is 2.46 bits per heavy atom. The molecule has 0 bridgehead atoms. The summed E-state index contributed by atoms with van der Waals surface area (Å²) < 4.78 is 10.9. The molecule has 0 unspecified atom stereocenters. The summed E-state index contributed by atoms with van der Waals surface area (Å²) in [5, 5.41) is 4.67. The van der Waals surface area contributed by atoms with Crippen molar-refractivity contribution in [1.82, 2.24) is 5.43 Å². The third-order valence-electron chi connectivity index (χ3n) is 3.94. The van der Waals surface area contributed by atoms with Crippen LogP contribution in [0, 0.1) is 0 Å². The van der Waals surface area contributed by atoms with Crippen molar-refractivity contribution < 1.29 is 14.3 Å². The molecular weight excluding hydrogens is 376 g/mol. The van der Waals surface area contributed by atoms with E-state index in [0.29, 0.717) is 28.7 Å². The number of carbonyl (C=O) groups excluding carboxylic acids is 1. The van der Waals surface area contributed by atoms with Gasteiger partial charge >= 0.3 is 0 Å². The quantitative estimate of drug-likeness (QED) is 0.467. The van der Waals surface area contributed by atoms with E-state index in [2.05, 4.69) is 10.5 Å². The number of benzene rings is 3. The minimum Gasteiger partial charge on any atom is -0.496 e. The molecule has 0 aliphatic carbocycles. The number of hydrogen-bond donors (Lipinski definition) is 1. The summed E-state index contributed by atoms with van der Waals surface area (Å²) in [6.45, 7) is 0.423. The van der Waals surface area contributed by atoms with Gasteiger partial charge in [0.15, 0.2) is 0 Å². The van der Waals surface area contributed by atoms with Crippen LogP contribution in [0.2, 0.25) is 5.02 Å². The van der Waals surface area contributed by atoms with E-state index in [4.69, 9.17) is 21.1 Å². The zero-order valence-electron chi connectivity index (χ0n) is 15.3. The van der Waals surface area contributed by atoms with E-state index in [1.165, 1.54) is 0 Å². The number of halogens is 1. The van der Waals surface area contributed by atoms with E-state index in [1.807, 2.05) is 48.5 Å². The maximum absolute atomic E-state index is 12.2. The SMILES string of the molecule is COc1ccccc1/C=N\NC(=O)c1ccc(OCc2ccc(Cl)cc2)cc1. The monoisotopic (exact) mass is 394 g/mol. The molecule has 0 fully saturated rings. The second-order valence-electron chi connectivity index (χ2n) is 5.88. The number of carbonyl (C=O) groups is 1. The average molecular weight is 395 g/mol. The van der Waals surface area contributed by atoms with E-state index >= 15 is 0 Å². The van der Waals surface area contributed by atoms with Crippen molar-refractivity contribution in [3.05, 3.63) is 94.5 Å². The molecule has 1 amide bonds. The normalized spacial score (nSPS) is 10.6. The Morgan fingerprint density at radius 1 is 1.04 bits per heavy atom. The van der Waals surface area contributed by atoms with Crippen molar-refractivity contribution in [2.75, 3.05) is 7.11 Å². The van der Waals surface area contributed by atoms with Crippen molar-refractivity contribution >= 4 is 23.7 Å². The van der Waals surface area contributed by atoms with E-state index < -0.39 is 0 Å². The highest BCUT2D eigenvalue weighted by atomic mass is 35.5. The molecule has 3 aromatic rings. The molecule has 0 aliphatic heterocycles. The molecule has 5 nitrogen and oxygen atoms in total. The van der Waals surface area contributed by atoms with Gasteiger partial charge in [0.2, 0.25) is 0 Å². The van der Waals surface area contributed by atoms with Crippen LogP contribution in [0.1, 0.15) is 21.5 Å². The van der Waals surface area contributed by atoms with Crippen LogP contribution >= 0.6 is 11.6 Å². The number of hydrazone groups is 1. The Kier molecular flexibility index (Phi) is 6.65. The third-order valence-corrected chi connectivity index (χ3v) is 4.20. The average Bonchev–Trinajstić information content (AvgIpc) is 2.74. The van der Waals surface area contributed by atoms with Crippen LogP contribution in [0.15, 0.2) is 77.9 Å². The van der Waals surface area contributed by atoms with E-state index in [9.17, 15) is 4.79 Å². The molecule has 0 heterocycles. The van der Waals surface area contributed by atoms with Gasteiger partial charge in [-0.05, 0) is 54.1 Å². The first kappa shape index (κ1) is 19.5. The van der Waals surface area contributed by atoms with Crippen molar-refractivity contribution in [3.8, 4) is 11.5 Å². The highest BCUT2D eigenvalue weighted by Crippen LogP contribution is 2.16. The predicted octanol–water partition coefficient (Wildman–Crippen LogP) is 4.69. The summed E-state index contributed by atoms with van der Waals surface area (Å²) in [6.07, 6.45) is 1.54. The van der Waals surface area contributed by atoms with E-state index in [1.54, 1.807) is 37.6 Å². The van der Waals surface area contributed by atoms with Crippen molar-refractivity contribution in [3.63, 3.8) is 0 Å². The van der Waals surface area contributed by atoms with Gasteiger partial charge in [0, 0.05) is 16.1 Å². The summed E-state index contributed by atoms with van der Waals surface area (Å²) in [5.41, 5.74) is 4.77. The first-order valence-electron chi connectivity index (χ1n) is 8.59. The topological polar surface area (TPSA) is 59.9 Å². The lowest BCUT2D eigenvalue weighted by molar-refractivity contribution is 0.0955. The highest BCUT2D eigenvalue weighted by Gasteiger charge is 2.05. The number of hydrogen-bond acceptors (Lipinski definition) is 4. The molecule has 0 spiro atoms. The molecule has 28 heavy (non-hydrogen) atoms. The second-order valence-corrected chi connectivity index (χ2v) is 6.32. The molecular formula is C22H19ClN2O3. The van der Waals surface area contributed by atoms with Crippen LogP contribution in [-0.2, 0) is 6.61 Å². The number of amides is 1. The number of rotatable bonds is 7. The largest absolute Gasteiger partial charge is 0.496 e. The van der Waals surface area contributed by atoms with Gasteiger partial charge in [0.05, 0.1) is 13.3 Å². The van der Waals surface area contributed by atoms with Gasteiger partial charge in [-0.25, -0.2) is 5.43 Å². The fraction of sp³-hybridized carbons (Fsp3) is 0.0909. The first-order valence-corrected chi connectivity index (χ1v) is 8.97. The predicted molar refractivity (Wildman–Crippen MR) is 110 cm³/mol. The summed E-state index contributed by atoms with van der Waals surface area (Å²) >= 11 is 5.87. The van der Waals surface area contributed by atoms with Gasteiger partial charge in [-0.1, -0.05) is 35.9 Å². The summed E-state index contributed by atoms with van der Waals surface area (Å²) in [7, 11) is 1.59. The minimum absolute atomic E-state index is 0.310. The van der Waals surface area contributed by atoms with Gasteiger partial charge in [0.1, 0.15) is 18.1 Å². The van der Waals surface area contributed by atoms with Crippen LogP contribution < -0.4 is 14.9 Å². The molecule has 3 rings (SSSR count). The fourth-order valence-corrected chi connectivity index (χ4v) is 2.57. The molecule has 142 valence electrons. The van der Waals surface area contributed by atoms with Gasteiger partial charge < -0.3 is 9.47 Å². The maximum Gasteiger partial charge on any atom is 0.271 e. The minimum atomic E-state index is -0.310. The van der Waals surface area contributed by atoms with Crippen LogP contribution in [0.5, 0.6) is 11.5 Å². The fourth-order valence-electron chi connectivity index (χ4n) is 2.45. The van der Waals surface area contributed by atoms with Crippen LogP contribution in [0.25, 0.3) is 0 Å². The molecule has 0 radical (unpaired) electrons. The van der Waals surface area contributed by atoms with Gasteiger partial charge in [0.25, 0.3) is 5.91 Å². The maximum atomic E-state index is 12.2. The Morgan fingerprint density at radius 2 is 1.75 bits per heavy atom. The standard InChI is InChI=1S/C22H19ClN2O3/c1-27-21-5-3-2-4-18(21)14-24-25-22(26)17-8-12-20(13-9-17)28-15-16-6-10-19(23)11-7-16/h2-14H,15H2,1H3,(H,25,26)/b24-14-. The summed E-state index contributed by atoms with van der Waals surface area (Å²) in [5.74, 6) is 1.04. The summed E-state index contributed by atoms with van der Waals surface area (Å²) in [6, 6.07) is 21.7. The van der Waals surface area contributed by atoms with Crippen LogP contribution in [0.3, 0.4) is 0 Å². The second kappa shape index (κ2) is 9.58. The third kappa shape index (κ3) is 5.34. The molecule has 1 N–H and O–H groups in total. The zero-order chi connectivity index (χ0) is 19.8. The highest BCUT2D eigenvalue weighted by molar-refractivity contribution is 6.30. The van der Waals surface area contributed by atoms with Crippen molar-refractivity contribution in [1.29, 1.82) is 0 Å². The first-order chi connectivity index (χ1) is 13.7. The number of para-hydroxylation sites is 1. The Balaban J connectivity index is 1.54. The molecule has 0 saturated heterocycles. The molecule has 6 heteroatoms. The molecule has 0 aliphatic rings. The molecule has 0 saturated carbocycles. The molecule has 0 atom stereocenters. The smallest absolute Gasteiger partial charge is 0.271 e. The van der Waals surface area contributed by atoms with E-state index in [-0.39, 0.29) is 5.91 Å². The summed E-state index contributed by atoms with van der Waals surface area (Å²) in [4.78, 5) is 12.2. The van der Waals surface area contributed by atoms with Crippen LogP contribution in [-0.4, -0.2) is 19.2 Å². The van der Waals surface area contributed by atoms with E-state index in [0.717, 1.165) is 11.1 Å². The molecule has 0 aromatic heterocycles. The Labute approximate surface area is 168 Å². The van der Waals surface area contributed by atoms with Gasteiger partial charge in [-0.15, -0.1) is 0 Å². The Hall–Kier alpha value is -3.31. The number of ether oxygens (including phenoxy) is 2. The van der Waals surface area contributed by atoms with Gasteiger partial charge in [-0.2, -0.15) is 5.10 Å². The zero-order valence-corrected chi connectivity index (χ0v) is 16.0. The number of nitrogens with zero attached hydrogens (tertiary/aromatic N) is 1. The lowest BCUT2D eigenvalue weighted by Crippen LogP contribution is -2.17. The number of methoxy groups -OCH3 is 1. The number of nitrogens with one attached hydrogen (secondary N) is 1. The lowest BCUT2D eigenvalue weighted by atomic mass is 10.2. The lowest BCUT2D eigenvalue weighted by Gasteiger charge is -2.07. The van der Waals surface area contributed by atoms with Crippen molar-refractivity contribution in [2.24, 2.45) is 5.10 Å². The van der Waals surface area contributed by atoms with Crippen molar-refractivity contribution in [2.45, 2.75) is 6.61 Å². The van der Waals surface area contributed by atoms with Gasteiger partial charge in [-0.3, -0.25) is 4.79 Å². The Bertz CT molecular complexity index is 954. The molecule has 3 aromatic carbocycles.